The zero-order valence-corrected chi connectivity index (χ0v) is 19.8. The number of hydrogen-bond donors (Lipinski definition) is 2. The summed E-state index contributed by atoms with van der Waals surface area (Å²) in [6.45, 7) is -0.397. The second kappa shape index (κ2) is 10.6. The van der Waals surface area contributed by atoms with E-state index in [1.807, 2.05) is 0 Å². The minimum absolute atomic E-state index is 0.118. The van der Waals surface area contributed by atoms with Gasteiger partial charge in [-0.2, -0.15) is 0 Å². The van der Waals surface area contributed by atoms with Crippen molar-refractivity contribution in [3.8, 4) is 5.75 Å². The van der Waals surface area contributed by atoms with Gasteiger partial charge in [0, 0.05) is 11.3 Å². The van der Waals surface area contributed by atoms with Crippen LogP contribution in [0.2, 0.25) is 10.0 Å². The smallest absolute Gasteiger partial charge is 0.335 e. The summed E-state index contributed by atoms with van der Waals surface area (Å²) in [4.78, 5) is 51.0. The summed E-state index contributed by atoms with van der Waals surface area (Å²) in [6.07, 6.45) is 1.25. The maximum atomic E-state index is 13.1. The summed E-state index contributed by atoms with van der Waals surface area (Å²) in [5.41, 5.74) is 0.478. The molecule has 0 aromatic heterocycles. The highest BCUT2D eigenvalue weighted by Crippen LogP contribution is 2.30. The Morgan fingerprint density at radius 2 is 1.72 bits per heavy atom. The van der Waals surface area contributed by atoms with Crippen molar-refractivity contribution in [3.05, 3.63) is 93.7 Å². The van der Waals surface area contributed by atoms with E-state index in [9.17, 15) is 23.6 Å². The van der Waals surface area contributed by atoms with E-state index < -0.39 is 36.2 Å². The predicted octanol–water partition coefficient (Wildman–Crippen LogP) is 4.82. The van der Waals surface area contributed by atoms with E-state index in [2.05, 4.69) is 10.6 Å². The van der Waals surface area contributed by atoms with E-state index in [1.54, 1.807) is 24.3 Å². The van der Waals surface area contributed by atoms with E-state index in [0.29, 0.717) is 11.3 Å². The Labute approximate surface area is 214 Å². The van der Waals surface area contributed by atoms with Gasteiger partial charge in [0.15, 0.2) is 6.61 Å². The SMILES string of the molecule is O=C(COc1ccccc1/C=C1/C(=O)NC(=O)N(c2ccc(Cl)c(Cl)c2)C1=O)Nc1ccc(F)cc1. The van der Waals surface area contributed by atoms with Crippen LogP contribution in [0.15, 0.2) is 72.3 Å². The van der Waals surface area contributed by atoms with Crippen LogP contribution in [0.1, 0.15) is 5.56 Å². The summed E-state index contributed by atoms with van der Waals surface area (Å²) in [5, 5.41) is 5.03. The number of benzene rings is 3. The lowest BCUT2D eigenvalue weighted by atomic mass is 10.1. The van der Waals surface area contributed by atoms with Crippen LogP contribution < -0.4 is 20.3 Å². The molecule has 0 atom stereocenters. The normalized spacial score (nSPS) is 14.6. The Morgan fingerprint density at radius 3 is 2.44 bits per heavy atom. The van der Waals surface area contributed by atoms with Crippen LogP contribution in [0.5, 0.6) is 5.75 Å². The number of hydrogen-bond acceptors (Lipinski definition) is 5. The van der Waals surface area contributed by atoms with Crippen LogP contribution in [0.3, 0.4) is 0 Å². The number of carbonyl (C=O) groups is 4. The highest BCUT2D eigenvalue weighted by atomic mass is 35.5. The van der Waals surface area contributed by atoms with Crippen molar-refractivity contribution in [3.63, 3.8) is 0 Å². The molecule has 0 unspecified atom stereocenters. The van der Waals surface area contributed by atoms with Crippen LogP contribution >= 0.6 is 23.2 Å². The Balaban J connectivity index is 1.55. The number of rotatable bonds is 6. The van der Waals surface area contributed by atoms with Gasteiger partial charge < -0.3 is 10.1 Å². The predicted molar refractivity (Wildman–Crippen MR) is 132 cm³/mol. The van der Waals surface area contributed by atoms with Crippen molar-refractivity contribution in [2.45, 2.75) is 0 Å². The topological polar surface area (TPSA) is 105 Å². The molecule has 1 fully saturated rings. The van der Waals surface area contributed by atoms with Gasteiger partial charge in [-0.15, -0.1) is 0 Å². The third kappa shape index (κ3) is 5.54. The molecule has 1 saturated heterocycles. The van der Waals surface area contributed by atoms with Gasteiger partial charge in [-0.3, -0.25) is 19.7 Å². The molecule has 182 valence electrons. The third-order valence-electron chi connectivity index (χ3n) is 4.97. The summed E-state index contributed by atoms with van der Waals surface area (Å²) in [6, 6.07) is 14.8. The number of anilines is 2. The van der Waals surface area contributed by atoms with Gasteiger partial charge in [0.05, 0.1) is 15.7 Å². The summed E-state index contributed by atoms with van der Waals surface area (Å²) < 4.78 is 18.6. The number of halogens is 3. The molecule has 4 rings (SSSR count). The molecule has 0 radical (unpaired) electrons. The first-order chi connectivity index (χ1) is 17.2. The number of amides is 5. The van der Waals surface area contributed by atoms with Crippen molar-refractivity contribution < 1.29 is 28.3 Å². The summed E-state index contributed by atoms with van der Waals surface area (Å²) >= 11 is 11.9. The van der Waals surface area contributed by atoms with Gasteiger partial charge in [0.25, 0.3) is 17.7 Å². The first-order valence-electron chi connectivity index (χ1n) is 10.4. The van der Waals surface area contributed by atoms with Gasteiger partial charge in [-0.1, -0.05) is 41.4 Å². The fourth-order valence-electron chi connectivity index (χ4n) is 3.28. The third-order valence-corrected chi connectivity index (χ3v) is 5.71. The molecule has 1 aliphatic heterocycles. The maximum absolute atomic E-state index is 13.1. The minimum atomic E-state index is -0.942. The molecule has 3 aromatic rings. The number of nitrogens with one attached hydrogen (secondary N) is 2. The summed E-state index contributed by atoms with van der Waals surface area (Å²) in [7, 11) is 0. The zero-order chi connectivity index (χ0) is 25.8. The van der Waals surface area contributed by atoms with Gasteiger partial charge in [0.2, 0.25) is 0 Å². The van der Waals surface area contributed by atoms with Crippen molar-refractivity contribution in [1.29, 1.82) is 0 Å². The number of urea groups is 1. The first-order valence-corrected chi connectivity index (χ1v) is 11.1. The molecule has 0 saturated carbocycles. The fraction of sp³-hybridized carbons (Fsp3) is 0.0400. The highest BCUT2D eigenvalue weighted by molar-refractivity contribution is 6.43. The van der Waals surface area contributed by atoms with Crippen LogP contribution in [-0.4, -0.2) is 30.4 Å². The number of imide groups is 2. The van der Waals surface area contributed by atoms with E-state index in [0.717, 1.165) is 4.90 Å². The van der Waals surface area contributed by atoms with E-state index in [-0.39, 0.29) is 27.1 Å². The molecule has 0 spiro atoms. The van der Waals surface area contributed by atoms with E-state index >= 15 is 0 Å². The quantitative estimate of drug-likeness (QED) is 0.353. The standard InChI is InChI=1S/C25H16Cl2FN3O5/c26-19-10-9-17(12-20(19)27)31-24(34)18(23(33)30-25(31)35)11-14-3-1-2-4-21(14)36-13-22(32)29-16-7-5-15(28)6-8-16/h1-12H,13H2,(H,29,32)(H,30,33,35)/b18-11-. The average Bonchev–Trinajstić information content (AvgIpc) is 2.84. The van der Waals surface area contributed by atoms with Gasteiger partial charge >= 0.3 is 6.03 Å². The van der Waals surface area contributed by atoms with Crippen LogP contribution in [0.25, 0.3) is 6.08 Å². The molecule has 8 nitrogen and oxygen atoms in total. The first kappa shape index (κ1) is 24.9. The van der Waals surface area contributed by atoms with E-state index in [4.69, 9.17) is 27.9 Å². The molecule has 5 amide bonds. The maximum Gasteiger partial charge on any atom is 0.335 e. The lowest BCUT2D eigenvalue weighted by Crippen LogP contribution is -2.54. The average molecular weight is 528 g/mol. The fourth-order valence-corrected chi connectivity index (χ4v) is 3.57. The van der Waals surface area contributed by atoms with E-state index in [1.165, 1.54) is 48.5 Å². The van der Waals surface area contributed by atoms with Crippen molar-refractivity contribution in [1.82, 2.24) is 5.32 Å². The number of ether oxygens (including phenoxy) is 1. The largest absolute Gasteiger partial charge is 0.483 e. The number of barbiturate groups is 1. The number of nitrogens with zero attached hydrogens (tertiary/aromatic N) is 1. The second-order valence-corrected chi connectivity index (χ2v) is 8.25. The van der Waals surface area contributed by atoms with Crippen LogP contribution in [0.4, 0.5) is 20.6 Å². The molecular formula is C25H16Cl2FN3O5. The van der Waals surface area contributed by atoms with Crippen molar-refractivity contribution >= 4 is 64.4 Å². The molecule has 0 aliphatic carbocycles. The number of carbonyl (C=O) groups excluding carboxylic acids is 4. The Kier molecular flexibility index (Phi) is 7.33. The lowest BCUT2D eigenvalue weighted by molar-refractivity contribution is -0.122. The van der Waals surface area contributed by atoms with Crippen LogP contribution in [0, 0.1) is 5.82 Å². The molecule has 2 N–H and O–H groups in total. The van der Waals surface area contributed by atoms with Gasteiger partial charge in [-0.25, -0.2) is 14.1 Å². The minimum Gasteiger partial charge on any atom is -0.483 e. The van der Waals surface area contributed by atoms with Crippen LogP contribution in [-0.2, 0) is 14.4 Å². The molecule has 36 heavy (non-hydrogen) atoms. The Bertz CT molecular complexity index is 1410. The highest BCUT2D eigenvalue weighted by Gasteiger charge is 2.37. The van der Waals surface area contributed by atoms with Gasteiger partial charge in [-0.05, 0) is 54.6 Å². The molecule has 1 heterocycles. The second-order valence-electron chi connectivity index (χ2n) is 7.44. The zero-order valence-electron chi connectivity index (χ0n) is 18.3. The monoisotopic (exact) mass is 527 g/mol. The molecule has 3 aromatic carbocycles. The lowest BCUT2D eigenvalue weighted by Gasteiger charge is -2.26. The Morgan fingerprint density at radius 1 is 1.00 bits per heavy atom. The molecule has 0 bridgehead atoms. The molecule has 1 aliphatic rings. The van der Waals surface area contributed by atoms with Crippen molar-refractivity contribution in [2.75, 3.05) is 16.8 Å². The van der Waals surface area contributed by atoms with Crippen molar-refractivity contribution in [2.24, 2.45) is 0 Å². The Hall–Kier alpha value is -4.21. The molecular weight excluding hydrogens is 512 g/mol. The summed E-state index contributed by atoms with van der Waals surface area (Å²) in [5.74, 6) is -2.52. The van der Waals surface area contributed by atoms with Gasteiger partial charge in [0.1, 0.15) is 17.1 Å². The molecule has 11 heteroatoms. The number of para-hydroxylation sites is 1.